The van der Waals surface area contributed by atoms with Crippen LogP contribution in [-0.2, 0) is 43.5 Å². The van der Waals surface area contributed by atoms with Crippen LogP contribution < -0.4 is 14.7 Å². The van der Waals surface area contributed by atoms with Crippen LogP contribution in [-0.4, -0.2) is 22.2 Å². The maximum Gasteiger partial charge on any atom is 2.00 e. The quantitative estimate of drug-likeness (QED) is 0.287. The normalized spacial score (nSPS) is 7.75. The van der Waals surface area contributed by atoms with E-state index in [0.717, 1.165) is 0 Å². The zero-order valence-corrected chi connectivity index (χ0v) is 9.28. The first-order valence-electron chi connectivity index (χ1n) is 2.13. The van der Waals surface area contributed by atoms with Gasteiger partial charge in [-0.25, -0.2) is 0 Å². The van der Waals surface area contributed by atoms with Gasteiger partial charge in [0.25, 0.3) is 0 Å². The van der Waals surface area contributed by atoms with Gasteiger partial charge in [0.2, 0.25) is 0 Å². The predicted molar refractivity (Wildman–Crippen MR) is 28.6 cm³/mol. The summed E-state index contributed by atoms with van der Waals surface area (Å²) in [4.78, 5) is 35.3. The molecule has 0 heterocycles. The molecule has 0 unspecified atom stereocenters. The first-order chi connectivity index (χ1) is 4.27. The molecule has 0 aliphatic carbocycles. The van der Waals surface area contributed by atoms with Crippen molar-refractivity contribution in [2.24, 2.45) is 0 Å². The molecule has 0 saturated carbocycles. The summed E-state index contributed by atoms with van der Waals surface area (Å²) < 4.78 is 8.57. The molecule has 0 rings (SSSR count). The number of carbonyl (C=O) groups excluding carboxylic acids is 1. The largest absolute Gasteiger partial charge is 2.00 e. The Morgan fingerprint density at radius 1 is 1.33 bits per heavy atom. The molecular weight excluding hydrogens is 264 g/mol. The molecule has 0 aromatic heterocycles. The average molecular weight is 267 g/mol. The van der Waals surface area contributed by atoms with E-state index in [-0.39, 0.29) is 38.6 Å². The van der Waals surface area contributed by atoms with Gasteiger partial charge in [-0.15, -0.1) is 0 Å². The molecule has 5 nitrogen and oxygen atoms in total. The van der Waals surface area contributed by atoms with Crippen LogP contribution in [0.3, 0.4) is 0 Å². The Balaban J connectivity index is -0.0000000457. The second-order valence-corrected chi connectivity index (χ2v) is 2.16. The van der Waals surface area contributed by atoms with Gasteiger partial charge in [0.1, 0.15) is 0 Å². The molecule has 12 heavy (non-hydrogen) atoms. The van der Waals surface area contributed by atoms with Gasteiger partial charge in [-0.2, -0.15) is 7.82 Å². The van der Waals surface area contributed by atoms with Crippen LogP contribution in [0.25, 0.3) is 0 Å². The van der Waals surface area contributed by atoms with Gasteiger partial charge < -0.3 is 19.2 Å². The molecule has 0 amide bonds. The summed E-state index contributed by atoms with van der Waals surface area (Å²) in [5.74, 6) is 0. The van der Waals surface area contributed by atoms with Gasteiger partial charge in [0.05, 0.1) is 0 Å². The first kappa shape index (κ1) is 23.2. The van der Waals surface area contributed by atoms with E-state index in [0.29, 0.717) is 0 Å². The van der Waals surface area contributed by atoms with Crippen LogP contribution in [0.1, 0.15) is 0 Å². The van der Waals surface area contributed by atoms with E-state index in [1.807, 2.05) is 0 Å². The van der Waals surface area contributed by atoms with Crippen molar-refractivity contribution in [3.8, 4) is 0 Å². The van der Waals surface area contributed by atoms with Crippen molar-refractivity contribution >= 4 is 30.0 Å². The third-order valence-corrected chi connectivity index (χ3v) is 0.287. The molecule has 0 fully saturated rings. The Kier molecular flexibility index (Phi) is 23.5. The van der Waals surface area contributed by atoms with Gasteiger partial charge >= 0.3 is 73.8 Å². The summed E-state index contributed by atoms with van der Waals surface area (Å²) in [6, 6.07) is 0. The van der Waals surface area contributed by atoms with Crippen LogP contribution in [0.5, 0.6) is 0 Å². The van der Waals surface area contributed by atoms with E-state index in [9.17, 15) is 4.79 Å². The number of phosphoric acid groups is 1. The van der Waals surface area contributed by atoms with Crippen molar-refractivity contribution in [2.75, 3.05) is 0 Å². The summed E-state index contributed by atoms with van der Waals surface area (Å²) >= 11 is 1.47. The smallest absolute Gasteiger partial charge is 2.00 e. The van der Waals surface area contributed by atoms with Gasteiger partial charge in [-0.05, 0) is 0 Å². The minimum absolute atomic E-state index is 0. The Hall–Kier alpha value is 1.16. The van der Waals surface area contributed by atoms with Gasteiger partial charge in [-0.3, -0.25) is 0 Å². The molecule has 0 atom stereocenters. The molecule has 0 aliphatic rings. The minimum Gasteiger partial charge on any atom is 2.00 e. The molecule has 0 spiro atoms. The summed E-state index contributed by atoms with van der Waals surface area (Å²) in [6.45, 7) is 3.21. The minimum atomic E-state index is -5.39. The number of carbonyl (C=O) groups is 1. The Morgan fingerprint density at radius 2 is 1.42 bits per heavy atom. The third kappa shape index (κ3) is 116. The van der Waals surface area contributed by atoms with Crippen molar-refractivity contribution < 1.29 is 58.2 Å². The second-order valence-electron chi connectivity index (χ2n) is 1.26. The van der Waals surface area contributed by atoms with E-state index in [1.54, 1.807) is 0 Å². The third-order valence-electron chi connectivity index (χ3n) is 0.287. The van der Waals surface area contributed by atoms with Gasteiger partial charge in [-0.1, -0.05) is 0 Å². The molecule has 0 bridgehead atoms. The zero-order valence-electron chi connectivity index (χ0n) is 6.03. The van der Waals surface area contributed by atoms with E-state index in [2.05, 4.69) is 6.58 Å². The molecule has 2 radical (unpaired) electrons. The maximum absolute atomic E-state index is 9.69. The van der Waals surface area contributed by atoms with Crippen LogP contribution >= 0.6 is 7.82 Å². The zero-order chi connectivity index (χ0) is 8.78. The fraction of sp³-hybridized carbons (Fsp3) is 0. The van der Waals surface area contributed by atoms with Gasteiger partial charge in [0.15, 0.2) is 0 Å². The average Bonchev–Trinajstić information content (AvgIpc) is 1.61. The van der Waals surface area contributed by atoms with Crippen LogP contribution in [0.4, 0.5) is 0 Å². The number of rotatable bonds is 1. The van der Waals surface area contributed by atoms with Crippen LogP contribution in [0.2, 0.25) is 0 Å². The first-order valence-corrected chi connectivity index (χ1v) is 3.59. The van der Waals surface area contributed by atoms with Crippen LogP contribution in [0.15, 0.2) is 12.7 Å². The SMILES string of the molecule is O=P([O-])([O-])[O-].[Li][C](=O)C=C.[Mn+2].[Mn+2]. The summed E-state index contributed by atoms with van der Waals surface area (Å²) in [5, 5.41) is 0. The standard InChI is InChI=1S/C3H3O.Li.2Mn.H3O4P/c1-2-3-4;;;;1-5(2,3)4/h2H,1H2;;;;(H3,1,2,3,4)/q;;2*+2;/p-3. The monoisotopic (exact) mass is 267 g/mol. The van der Waals surface area contributed by atoms with E-state index < -0.39 is 7.82 Å². The summed E-state index contributed by atoms with van der Waals surface area (Å²) in [5.41, 5.74) is 0. The van der Waals surface area contributed by atoms with E-state index in [4.69, 9.17) is 19.2 Å². The van der Waals surface area contributed by atoms with Crippen molar-refractivity contribution in [1.29, 1.82) is 0 Å². The molecule has 64 valence electrons. The fourth-order valence-corrected chi connectivity index (χ4v) is 0. The van der Waals surface area contributed by atoms with E-state index in [1.165, 1.54) is 23.8 Å². The maximum atomic E-state index is 9.69. The van der Waals surface area contributed by atoms with Crippen molar-refractivity contribution in [3.63, 3.8) is 0 Å². The van der Waals surface area contributed by atoms with E-state index >= 15 is 0 Å². The fourth-order valence-electron chi connectivity index (χ4n) is 0. The molecule has 0 aromatic rings. The Morgan fingerprint density at radius 3 is 1.42 bits per heavy atom. The summed E-state index contributed by atoms with van der Waals surface area (Å²) in [7, 11) is -5.39. The molecular formula is C3H3LiMn2O5P+. The predicted octanol–water partition coefficient (Wildman–Crippen LogP) is -2.96. The number of hydrogen-bond acceptors (Lipinski definition) is 5. The van der Waals surface area contributed by atoms with Crippen molar-refractivity contribution in [3.05, 3.63) is 12.7 Å². The van der Waals surface area contributed by atoms with Crippen molar-refractivity contribution in [1.82, 2.24) is 0 Å². The summed E-state index contributed by atoms with van der Waals surface area (Å²) in [6.07, 6.45) is 1.28. The number of allylic oxidation sites excluding steroid dienone is 1. The van der Waals surface area contributed by atoms with Crippen molar-refractivity contribution in [2.45, 2.75) is 0 Å². The Labute approximate surface area is 100 Å². The molecule has 0 aliphatic heterocycles. The number of hydrogen-bond donors (Lipinski definition) is 0. The second kappa shape index (κ2) is 12.2. The Bertz CT molecular complexity index is 160. The molecule has 0 N–H and O–H groups in total. The topological polar surface area (TPSA) is 103 Å². The molecule has 0 saturated heterocycles. The molecule has 9 heteroatoms. The van der Waals surface area contributed by atoms with Gasteiger partial charge in [0, 0.05) is 0 Å². The van der Waals surface area contributed by atoms with Crippen LogP contribution in [0, 0.1) is 0 Å². The molecule has 0 aromatic carbocycles.